The Hall–Kier alpha value is -2.68. The standard InChI is InChI=1S/C23H28N4O5S2/c1-5-6-7-26-20(25-10-13(2)32-14(3)11-25)16(15(4)17(9-24)21(26)30)8-18-22(31)27(12-19(28)29)23(33)34-18/h8,13-14H,5-7,10-12H2,1-4H3,(H,28,29)/b18-8-. The van der Waals surface area contributed by atoms with Gasteiger partial charge in [0.2, 0.25) is 0 Å². The van der Waals surface area contributed by atoms with Crippen LogP contribution in [0.1, 0.15) is 50.3 Å². The quantitative estimate of drug-likeness (QED) is 0.442. The number of aliphatic carboxylic acids is 1. The molecule has 2 aliphatic heterocycles. The van der Waals surface area contributed by atoms with Crippen LogP contribution in [0.2, 0.25) is 0 Å². The molecular formula is C23H28N4O5S2. The van der Waals surface area contributed by atoms with Crippen LogP contribution in [0.5, 0.6) is 0 Å². The van der Waals surface area contributed by atoms with Crippen LogP contribution in [0, 0.1) is 18.3 Å². The molecule has 0 saturated carbocycles. The van der Waals surface area contributed by atoms with E-state index in [0.717, 1.165) is 29.5 Å². The maximum Gasteiger partial charge on any atom is 0.323 e. The number of nitrogens with zero attached hydrogens (tertiary/aromatic N) is 4. The van der Waals surface area contributed by atoms with E-state index >= 15 is 0 Å². The fraction of sp³-hybridized carbons (Fsp3) is 0.522. The molecule has 2 aliphatic rings. The van der Waals surface area contributed by atoms with Crippen molar-refractivity contribution in [1.29, 1.82) is 5.26 Å². The monoisotopic (exact) mass is 504 g/mol. The third kappa shape index (κ3) is 5.19. The van der Waals surface area contributed by atoms with Crippen molar-refractivity contribution in [2.75, 3.05) is 24.5 Å². The van der Waals surface area contributed by atoms with Gasteiger partial charge in [0, 0.05) is 25.2 Å². The molecule has 2 fully saturated rings. The third-order valence-electron chi connectivity index (χ3n) is 5.74. The van der Waals surface area contributed by atoms with Crippen LogP contribution in [0.3, 0.4) is 0 Å². The van der Waals surface area contributed by atoms with Crippen molar-refractivity contribution in [2.45, 2.75) is 59.3 Å². The summed E-state index contributed by atoms with van der Waals surface area (Å²) in [5.74, 6) is -1.03. The van der Waals surface area contributed by atoms with Crippen LogP contribution in [0.4, 0.5) is 5.82 Å². The highest BCUT2D eigenvalue weighted by Gasteiger charge is 2.35. The van der Waals surface area contributed by atoms with Gasteiger partial charge < -0.3 is 14.7 Å². The lowest BCUT2D eigenvalue weighted by atomic mass is 10.0. The molecule has 0 aromatic carbocycles. The van der Waals surface area contributed by atoms with Crippen molar-refractivity contribution >= 4 is 52.1 Å². The fourth-order valence-corrected chi connectivity index (χ4v) is 5.50. The first kappa shape index (κ1) is 25.9. The average molecular weight is 505 g/mol. The number of carbonyl (C=O) groups excluding carboxylic acids is 1. The van der Waals surface area contributed by atoms with E-state index in [9.17, 15) is 19.6 Å². The second-order valence-electron chi connectivity index (χ2n) is 8.48. The molecule has 3 rings (SSSR count). The van der Waals surface area contributed by atoms with Crippen molar-refractivity contribution in [2.24, 2.45) is 0 Å². The van der Waals surface area contributed by atoms with Gasteiger partial charge in [-0.1, -0.05) is 37.3 Å². The molecule has 0 spiro atoms. The Morgan fingerprint density at radius 2 is 1.97 bits per heavy atom. The summed E-state index contributed by atoms with van der Waals surface area (Å²) in [5.41, 5.74) is 0.738. The summed E-state index contributed by atoms with van der Waals surface area (Å²) in [4.78, 5) is 40.8. The molecule has 2 atom stereocenters. The first-order valence-electron chi connectivity index (χ1n) is 11.1. The number of thioether (sulfide) groups is 1. The second-order valence-corrected chi connectivity index (χ2v) is 10.2. The zero-order chi connectivity index (χ0) is 25.2. The highest BCUT2D eigenvalue weighted by molar-refractivity contribution is 8.26. The van der Waals surface area contributed by atoms with Crippen molar-refractivity contribution in [3.05, 3.63) is 31.9 Å². The highest BCUT2D eigenvalue weighted by atomic mass is 32.2. The summed E-state index contributed by atoms with van der Waals surface area (Å²) < 4.78 is 7.67. The van der Waals surface area contributed by atoms with E-state index < -0.39 is 18.4 Å². The Balaban J connectivity index is 2.25. The topological polar surface area (TPSA) is 116 Å². The van der Waals surface area contributed by atoms with E-state index in [0.29, 0.717) is 36.6 Å². The lowest BCUT2D eigenvalue weighted by molar-refractivity contribution is -0.140. The zero-order valence-electron chi connectivity index (χ0n) is 19.7. The number of unbranched alkanes of at least 4 members (excludes halogenated alkanes) is 1. The largest absolute Gasteiger partial charge is 0.480 e. The average Bonchev–Trinajstić information content (AvgIpc) is 3.01. The van der Waals surface area contributed by atoms with Crippen molar-refractivity contribution < 1.29 is 19.4 Å². The number of anilines is 1. The lowest BCUT2D eigenvalue weighted by Gasteiger charge is -2.39. The summed E-state index contributed by atoms with van der Waals surface area (Å²) in [5, 5.41) is 18.9. The summed E-state index contributed by atoms with van der Waals surface area (Å²) in [7, 11) is 0. The number of aromatic nitrogens is 1. The van der Waals surface area contributed by atoms with Gasteiger partial charge in [-0.2, -0.15) is 5.26 Å². The number of carboxylic acids is 1. The van der Waals surface area contributed by atoms with Crippen LogP contribution in [-0.2, 0) is 20.9 Å². The number of nitriles is 1. The molecule has 34 heavy (non-hydrogen) atoms. The normalized spacial score (nSPS) is 21.9. The number of carboxylic acid groups (broad SMARTS) is 1. The maximum absolute atomic E-state index is 13.3. The molecular weight excluding hydrogens is 476 g/mol. The van der Waals surface area contributed by atoms with Gasteiger partial charge in [-0.15, -0.1) is 0 Å². The predicted octanol–water partition coefficient (Wildman–Crippen LogP) is 2.73. The predicted molar refractivity (Wildman–Crippen MR) is 135 cm³/mol. The smallest absolute Gasteiger partial charge is 0.323 e. The number of hydrogen-bond acceptors (Lipinski definition) is 8. The minimum Gasteiger partial charge on any atom is -0.480 e. The van der Waals surface area contributed by atoms with Gasteiger partial charge in [-0.25, -0.2) is 0 Å². The molecule has 2 saturated heterocycles. The number of pyridine rings is 1. The van der Waals surface area contributed by atoms with E-state index in [1.807, 2.05) is 26.8 Å². The minimum absolute atomic E-state index is 0.0291. The van der Waals surface area contributed by atoms with E-state index in [1.165, 1.54) is 0 Å². The van der Waals surface area contributed by atoms with Gasteiger partial charge in [-0.3, -0.25) is 23.9 Å². The number of amides is 1. The van der Waals surface area contributed by atoms with E-state index in [2.05, 4.69) is 4.90 Å². The van der Waals surface area contributed by atoms with Crippen LogP contribution in [0.25, 0.3) is 6.08 Å². The van der Waals surface area contributed by atoms with Gasteiger partial charge in [0.05, 0.1) is 17.1 Å². The van der Waals surface area contributed by atoms with Crippen molar-refractivity contribution in [3.8, 4) is 6.07 Å². The Kier molecular flexibility index (Phi) is 8.17. The molecule has 3 heterocycles. The number of rotatable bonds is 7. The number of hydrogen-bond donors (Lipinski definition) is 1. The summed E-state index contributed by atoms with van der Waals surface area (Å²) in [6.07, 6.45) is 3.10. The van der Waals surface area contributed by atoms with Crippen molar-refractivity contribution in [1.82, 2.24) is 9.47 Å². The molecule has 1 N–H and O–H groups in total. The molecule has 182 valence electrons. The van der Waals surface area contributed by atoms with E-state index in [4.69, 9.17) is 22.1 Å². The molecule has 0 radical (unpaired) electrons. The van der Waals surface area contributed by atoms with E-state index in [-0.39, 0.29) is 32.6 Å². The molecule has 2 unspecified atom stereocenters. The van der Waals surface area contributed by atoms with Crippen molar-refractivity contribution in [3.63, 3.8) is 0 Å². The SMILES string of the molecule is CCCCn1c(N2CC(C)OC(C)C2)c(/C=C2\SC(=S)N(CC(=O)O)C2=O)c(C)c(C#N)c1=O. The molecule has 9 nitrogen and oxygen atoms in total. The Morgan fingerprint density at radius 3 is 2.53 bits per heavy atom. The Morgan fingerprint density at radius 1 is 1.32 bits per heavy atom. The van der Waals surface area contributed by atoms with Crippen LogP contribution >= 0.6 is 24.0 Å². The number of carbonyl (C=O) groups is 2. The third-order valence-corrected chi connectivity index (χ3v) is 7.12. The molecule has 0 aliphatic carbocycles. The van der Waals surface area contributed by atoms with Crippen LogP contribution < -0.4 is 10.5 Å². The number of ether oxygens (including phenoxy) is 1. The fourth-order valence-electron chi connectivity index (χ4n) is 4.26. The zero-order valence-corrected chi connectivity index (χ0v) is 21.3. The van der Waals surface area contributed by atoms with Gasteiger partial charge >= 0.3 is 5.97 Å². The van der Waals surface area contributed by atoms with Gasteiger partial charge in [0.1, 0.15) is 28.3 Å². The van der Waals surface area contributed by atoms with Crippen LogP contribution in [-0.4, -0.2) is 62.6 Å². The highest BCUT2D eigenvalue weighted by Crippen LogP contribution is 2.36. The maximum atomic E-state index is 13.3. The van der Waals surface area contributed by atoms with Gasteiger partial charge in [0.15, 0.2) is 0 Å². The minimum atomic E-state index is -1.16. The van der Waals surface area contributed by atoms with Gasteiger partial charge in [0.25, 0.3) is 11.5 Å². The number of morpholine rings is 1. The molecule has 1 amide bonds. The van der Waals surface area contributed by atoms with E-state index in [1.54, 1.807) is 17.6 Å². The molecule has 11 heteroatoms. The van der Waals surface area contributed by atoms with Gasteiger partial charge in [-0.05, 0) is 38.8 Å². The molecule has 1 aromatic heterocycles. The lowest BCUT2D eigenvalue weighted by Crippen LogP contribution is -2.48. The number of thiocarbonyl (C=S) groups is 1. The summed E-state index contributed by atoms with van der Waals surface area (Å²) in [6.45, 7) is 8.65. The molecule has 1 aromatic rings. The molecule has 0 bridgehead atoms. The van der Waals surface area contributed by atoms with Crippen LogP contribution in [0.15, 0.2) is 9.70 Å². The summed E-state index contributed by atoms with van der Waals surface area (Å²) >= 11 is 6.25. The summed E-state index contributed by atoms with van der Waals surface area (Å²) in [6, 6.07) is 2.04. The first-order valence-corrected chi connectivity index (χ1v) is 12.4. The second kappa shape index (κ2) is 10.7. The Labute approximate surface area is 208 Å². The first-order chi connectivity index (χ1) is 16.1. The Bertz CT molecular complexity index is 1140.